The molecule has 1 saturated heterocycles. The molecule has 0 N–H and O–H groups in total. The number of imide groups is 1. The third-order valence-electron chi connectivity index (χ3n) is 4.39. The molecule has 25 heavy (non-hydrogen) atoms. The fourth-order valence-corrected chi connectivity index (χ4v) is 4.78. The van der Waals surface area contributed by atoms with Crippen molar-refractivity contribution in [3.8, 4) is 6.07 Å². The maximum atomic E-state index is 12.9. The summed E-state index contributed by atoms with van der Waals surface area (Å²) < 4.78 is 28.9. The maximum Gasteiger partial charge on any atom is 0.271 e. The van der Waals surface area contributed by atoms with Gasteiger partial charge in [0.1, 0.15) is 23.2 Å². The van der Waals surface area contributed by atoms with E-state index in [0.29, 0.717) is 11.5 Å². The van der Waals surface area contributed by atoms with E-state index in [2.05, 4.69) is 0 Å². The monoisotopic (exact) mass is 360 g/mol. The molecule has 1 atom stereocenters. The molecule has 2 amide bonds. The second kappa shape index (κ2) is 6.01. The van der Waals surface area contributed by atoms with Gasteiger partial charge in [0.25, 0.3) is 11.8 Å². The summed E-state index contributed by atoms with van der Waals surface area (Å²) in [7, 11) is -3.29. The van der Waals surface area contributed by atoms with Gasteiger partial charge in [-0.05, 0) is 44.1 Å². The molecule has 1 aromatic rings. The summed E-state index contributed by atoms with van der Waals surface area (Å²) in [5, 5.41) is 9.33. The lowest BCUT2D eigenvalue weighted by Crippen LogP contribution is -2.49. The molecule has 3 heterocycles. The van der Waals surface area contributed by atoms with Crippen LogP contribution in [0.4, 0.5) is 0 Å². The number of hydrogen-bond acceptors (Lipinski definition) is 6. The molecule has 7 nitrogen and oxygen atoms in total. The first-order chi connectivity index (χ1) is 11.7. The highest BCUT2D eigenvalue weighted by atomic mass is 32.2. The molecule has 0 unspecified atom stereocenters. The molecule has 0 aromatic carbocycles. The van der Waals surface area contributed by atoms with Gasteiger partial charge in [0, 0.05) is 5.57 Å². The predicted molar refractivity (Wildman–Crippen MR) is 88.6 cm³/mol. The van der Waals surface area contributed by atoms with Crippen molar-refractivity contribution in [3.05, 3.63) is 40.4 Å². The third kappa shape index (κ3) is 3.03. The highest BCUT2D eigenvalue weighted by Crippen LogP contribution is 2.31. The Hall–Kier alpha value is -2.66. The van der Waals surface area contributed by atoms with E-state index in [1.807, 2.05) is 6.07 Å². The third-order valence-corrected chi connectivity index (χ3v) is 6.14. The van der Waals surface area contributed by atoms with Gasteiger partial charge in [-0.1, -0.05) is 0 Å². The molecule has 0 bridgehead atoms. The first kappa shape index (κ1) is 17.2. The van der Waals surface area contributed by atoms with Crippen molar-refractivity contribution < 1.29 is 22.4 Å². The van der Waals surface area contributed by atoms with E-state index in [9.17, 15) is 23.3 Å². The van der Waals surface area contributed by atoms with E-state index in [0.717, 1.165) is 4.90 Å². The second-order valence-electron chi connectivity index (χ2n) is 6.16. The largest absolute Gasteiger partial charge is 0.462 e. The fraction of sp³-hybridized carbons (Fsp3) is 0.353. The number of sulfone groups is 1. The Morgan fingerprint density at radius 2 is 2.00 bits per heavy atom. The number of hydrogen-bond donors (Lipinski definition) is 0. The van der Waals surface area contributed by atoms with Gasteiger partial charge in [0.05, 0.1) is 17.5 Å². The van der Waals surface area contributed by atoms with Crippen LogP contribution in [0.15, 0.2) is 33.3 Å². The number of nitrogens with zero attached hydrogens (tertiary/aromatic N) is 2. The van der Waals surface area contributed by atoms with Crippen molar-refractivity contribution in [2.45, 2.75) is 26.3 Å². The lowest BCUT2D eigenvalue weighted by Gasteiger charge is -2.31. The molecular weight excluding hydrogens is 344 g/mol. The van der Waals surface area contributed by atoms with Gasteiger partial charge in [-0.2, -0.15) is 5.26 Å². The average molecular weight is 360 g/mol. The Morgan fingerprint density at radius 3 is 2.52 bits per heavy atom. The summed E-state index contributed by atoms with van der Waals surface area (Å²) in [5.41, 5.74) is 0.275. The van der Waals surface area contributed by atoms with Gasteiger partial charge in [-0.15, -0.1) is 0 Å². The molecule has 130 valence electrons. The van der Waals surface area contributed by atoms with Crippen LogP contribution in [0.25, 0.3) is 6.08 Å². The first-order valence-electron chi connectivity index (χ1n) is 7.71. The minimum Gasteiger partial charge on any atom is -0.462 e. The smallest absolute Gasteiger partial charge is 0.271 e. The molecule has 1 aromatic heterocycles. The molecular formula is C17H16N2O5S. The minimum atomic E-state index is -3.29. The molecule has 0 saturated carbocycles. The van der Waals surface area contributed by atoms with Crippen molar-refractivity contribution in [2.75, 3.05) is 11.5 Å². The number of nitriles is 1. The number of aryl methyl sites for hydroxylation is 1. The maximum absolute atomic E-state index is 12.9. The van der Waals surface area contributed by atoms with Crippen molar-refractivity contribution in [1.82, 2.24) is 4.90 Å². The van der Waals surface area contributed by atoms with Crippen LogP contribution in [-0.4, -0.2) is 42.7 Å². The lowest BCUT2D eigenvalue weighted by atomic mass is 9.93. The highest BCUT2D eigenvalue weighted by molar-refractivity contribution is 7.91. The summed E-state index contributed by atoms with van der Waals surface area (Å²) >= 11 is 0. The van der Waals surface area contributed by atoms with E-state index >= 15 is 0 Å². The van der Waals surface area contributed by atoms with Crippen molar-refractivity contribution in [2.24, 2.45) is 0 Å². The number of rotatable bonds is 2. The molecule has 3 rings (SSSR count). The number of carbonyl (C=O) groups excluding carboxylic acids is 2. The van der Waals surface area contributed by atoms with Crippen LogP contribution in [0.2, 0.25) is 0 Å². The Balaban J connectivity index is 2.08. The van der Waals surface area contributed by atoms with E-state index < -0.39 is 27.7 Å². The van der Waals surface area contributed by atoms with Crippen LogP contribution in [0.5, 0.6) is 0 Å². The van der Waals surface area contributed by atoms with Crippen LogP contribution in [0.3, 0.4) is 0 Å². The Labute approximate surface area is 145 Å². The van der Waals surface area contributed by atoms with Gasteiger partial charge < -0.3 is 4.42 Å². The summed E-state index contributed by atoms with van der Waals surface area (Å²) in [6.45, 7) is 3.28. The van der Waals surface area contributed by atoms with Crippen molar-refractivity contribution >= 4 is 27.7 Å². The van der Waals surface area contributed by atoms with Crippen LogP contribution >= 0.6 is 0 Å². The zero-order chi connectivity index (χ0) is 18.4. The summed E-state index contributed by atoms with van der Waals surface area (Å²) in [4.78, 5) is 26.3. The van der Waals surface area contributed by atoms with Crippen LogP contribution in [0.1, 0.15) is 24.9 Å². The molecule has 2 aliphatic heterocycles. The number of carbonyl (C=O) groups is 2. The van der Waals surface area contributed by atoms with Crippen LogP contribution in [-0.2, 0) is 19.4 Å². The molecule has 0 spiro atoms. The normalized spacial score (nSPS) is 24.9. The van der Waals surface area contributed by atoms with E-state index in [-0.39, 0.29) is 34.6 Å². The average Bonchev–Trinajstić information content (AvgIpc) is 3.10. The molecule has 0 aliphatic carbocycles. The Morgan fingerprint density at radius 1 is 1.28 bits per heavy atom. The lowest BCUT2D eigenvalue weighted by molar-refractivity contribution is -0.142. The van der Waals surface area contributed by atoms with E-state index in [1.54, 1.807) is 19.1 Å². The quantitative estimate of drug-likeness (QED) is 0.582. The summed E-state index contributed by atoms with van der Waals surface area (Å²) in [6.07, 6.45) is 1.66. The number of amides is 2. The van der Waals surface area contributed by atoms with Crippen molar-refractivity contribution in [3.63, 3.8) is 0 Å². The van der Waals surface area contributed by atoms with Gasteiger partial charge in [0.2, 0.25) is 0 Å². The molecule has 2 aliphatic rings. The van der Waals surface area contributed by atoms with E-state index in [1.165, 1.54) is 13.0 Å². The molecule has 1 fully saturated rings. The standard InChI is InChI=1S/C17H16N2O5S/c1-10-3-4-13(24-10)7-14-11(2)15(8-18)17(21)19(16(14)20)12-5-6-25(22,23)9-12/h3-4,7,12H,5-6,9H2,1-2H3/b14-7-/t12-/m0/s1. The van der Waals surface area contributed by atoms with Gasteiger partial charge in [-0.25, -0.2) is 8.42 Å². The van der Waals surface area contributed by atoms with Gasteiger partial charge >= 0.3 is 0 Å². The summed E-state index contributed by atoms with van der Waals surface area (Å²) in [6, 6.07) is 4.50. The molecule has 8 heteroatoms. The second-order valence-corrected chi connectivity index (χ2v) is 8.38. The van der Waals surface area contributed by atoms with Gasteiger partial charge in [0.15, 0.2) is 9.84 Å². The highest BCUT2D eigenvalue weighted by Gasteiger charge is 2.43. The Kier molecular flexibility index (Phi) is 4.13. The first-order valence-corrected chi connectivity index (χ1v) is 9.53. The zero-order valence-corrected chi connectivity index (χ0v) is 14.6. The van der Waals surface area contributed by atoms with Crippen molar-refractivity contribution in [1.29, 1.82) is 5.26 Å². The topological polar surface area (TPSA) is 108 Å². The SMILES string of the molecule is CC1=C(C#N)C(=O)N([C@H]2CCS(=O)(=O)C2)C(=O)/C1=C\c1ccc(C)o1. The number of furan rings is 1. The minimum absolute atomic E-state index is 0.0737. The van der Waals surface area contributed by atoms with Crippen LogP contribution in [0, 0.1) is 18.3 Å². The van der Waals surface area contributed by atoms with Crippen LogP contribution < -0.4 is 0 Å². The summed E-state index contributed by atoms with van der Waals surface area (Å²) in [5.74, 6) is -0.596. The fourth-order valence-electron chi connectivity index (χ4n) is 3.08. The van der Waals surface area contributed by atoms with Gasteiger partial charge in [-0.3, -0.25) is 14.5 Å². The molecule has 0 radical (unpaired) electrons. The van der Waals surface area contributed by atoms with E-state index in [4.69, 9.17) is 4.42 Å². The predicted octanol–water partition coefficient (Wildman–Crippen LogP) is 1.37. The zero-order valence-electron chi connectivity index (χ0n) is 13.8. The Bertz CT molecular complexity index is 975.